The van der Waals surface area contributed by atoms with Crippen LogP contribution in [0, 0.1) is 23.3 Å². The van der Waals surface area contributed by atoms with Gasteiger partial charge in [-0.1, -0.05) is 0 Å². The zero-order valence-electron chi connectivity index (χ0n) is 8.66. The highest BCUT2D eigenvalue weighted by molar-refractivity contribution is 7.07. The molecule has 0 fully saturated rings. The highest BCUT2D eigenvalue weighted by Crippen LogP contribution is 2.39. The van der Waals surface area contributed by atoms with Gasteiger partial charge in [-0.2, -0.15) is 13.2 Å². The maximum atomic E-state index is 13.5. The van der Waals surface area contributed by atoms with E-state index in [-0.39, 0.29) is 0 Å². The molecule has 0 radical (unpaired) electrons. The van der Waals surface area contributed by atoms with Crippen molar-refractivity contribution in [2.75, 3.05) is 0 Å². The molecule has 0 saturated carbocycles. The smallest absolute Gasteiger partial charge is 0.244 e. The Morgan fingerprint density at radius 3 is 1.79 bits per heavy atom. The van der Waals surface area contributed by atoms with Crippen LogP contribution in [-0.4, -0.2) is 4.98 Å². The number of alkyl halides is 3. The lowest BCUT2D eigenvalue weighted by molar-refractivity contribution is -0.143. The summed E-state index contributed by atoms with van der Waals surface area (Å²) in [5.41, 5.74) is -3.22. The summed E-state index contributed by atoms with van der Waals surface area (Å²) in [7, 11) is 0. The first-order chi connectivity index (χ1) is 8.75. The molecule has 1 heterocycles. The number of rotatable bonds is 1. The minimum Gasteiger partial charge on any atom is -0.244 e. The summed E-state index contributed by atoms with van der Waals surface area (Å²) in [6, 6.07) is 0. The first-order valence-electron chi connectivity index (χ1n) is 4.56. The molecule has 0 spiro atoms. The van der Waals surface area contributed by atoms with Crippen LogP contribution in [0.3, 0.4) is 0 Å². The fourth-order valence-corrected chi connectivity index (χ4v) is 1.98. The van der Waals surface area contributed by atoms with Gasteiger partial charge < -0.3 is 0 Å². The minimum atomic E-state index is -5.55. The molecule has 2 aromatic rings. The Morgan fingerprint density at radius 1 is 0.895 bits per heavy atom. The lowest BCUT2D eigenvalue weighted by Crippen LogP contribution is -2.16. The second-order valence-electron chi connectivity index (χ2n) is 3.38. The van der Waals surface area contributed by atoms with Crippen LogP contribution < -0.4 is 0 Å². The Hall–Kier alpha value is -1.64. The van der Waals surface area contributed by atoms with Crippen LogP contribution in [0.25, 0.3) is 11.3 Å². The Kier molecular flexibility index (Phi) is 3.25. The van der Waals surface area contributed by atoms with Crippen LogP contribution in [0.15, 0.2) is 10.9 Å². The lowest BCUT2D eigenvalue weighted by atomic mass is 10.1. The molecular formula is C10H2F7NS. The van der Waals surface area contributed by atoms with Gasteiger partial charge in [0.05, 0.1) is 16.8 Å². The second-order valence-corrected chi connectivity index (χ2v) is 4.10. The number of hydrogen-bond donors (Lipinski definition) is 0. The van der Waals surface area contributed by atoms with Crippen molar-refractivity contribution in [1.29, 1.82) is 0 Å². The van der Waals surface area contributed by atoms with Crippen molar-refractivity contribution in [3.63, 3.8) is 0 Å². The molecule has 0 saturated heterocycles. The summed E-state index contributed by atoms with van der Waals surface area (Å²) >= 11 is 0.862. The molecule has 0 aliphatic heterocycles. The minimum absolute atomic E-state index is 0.480. The molecule has 9 heteroatoms. The van der Waals surface area contributed by atoms with E-state index in [9.17, 15) is 30.7 Å². The van der Waals surface area contributed by atoms with Crippen LogP contribution in [0.1, 0.15) is 5.56 Å². The monoisotopic (exact) mass is 301 g/mol. The van der Waals surface area contributed by atoms with Gasteiger partial charge >= 0.3 is 6.18 Å². The van der Waals surface area contributed by atoms with Crippen molar-refractivity contribution in [3.05, 3.63) is 39.7 Å². The number of nitrogens with zero attached hydrogens (tertiary/aromatic N) is 1. The van der Waals surface area contributed by atoms with Crippen molar-refractivity contribution in [2.45, 2.75) is 6.18 Å². The molecule has 0 bridgehead atoms. The molecule has 0 amide bonds. The second kappa shape index (κ2) is 4.48. The number of aromatic nitrogens is 1. The van der Waals surface area contributed by atoms with Gasteiger partial charge in [-0.05, 0) is 0 Å². The molecule has 1 aromatic heterocycles. The van der Waals surface area contributed by atoms with Crippen molar-refractivity contribution in [3.8, 4) is 11.3 Å². The first kappa shape index (κ1) is 13.8. The summed E-state index contributed by atoms with van der Waals surface area (Å²) in [5.74, 6) is -9.24. The zero-order valence-corrected chi connectivity index (χ0v) is 9.47. The van der Waals surface area contributed by atoms with Crippen LogP contribution in [0.5, 0.6) is 0 Å². The third-order valence-electron chi connectivity index (χ3n) is 2.24. The van der Waals surface area contributed by atoms with Gasteiger partial charge in [-0.3, -0.25) is 0 Å². The largest absolute Gasteiger partial charge is 0.422 e. The Labute approximate surface area is 105 Å². The molecule has 19 heavy (non-hydrogen) atoms. The first-order valence-corrected chi connectivity index (χ1v) is 5.51. The van der Waals surface area contributed by atoms with Gasteiger partial charge in [-0.15, -0.1) is 11.3 Å². The summed E-state index contributed by atoms with van der Waals surface area (Å²) in [6.45, 7) is 0. The summed E-state index contributed by atoms with van der Waals surface area (Å²) in [6.07, 6.45) is -5.55. The molecule has 0 N–H and O–H groups in total. The van der Waals surface area contributed by atoms with Gasteiger partial charge in [0.1, 0.15) is 5.56 Å². The van der Waals surface area contributed by atoms with Gasteiger partial charge in [0, 0.05) is 5.38 Å². The standard InChI is InChI=1S/C10H2F7NS/c11-6-4(3-1-19-2-18-3)7(12)9(14)5(8(6)13)10(15,16)17/h1-2H. The Morgan fingerprint density at radius 2 is 1.42 bits per heavy atom. The van der Waals surface area contributed by atoms with Crippen LogP contribution in [-0.2, 0) is 6.18 Å². The van der Waals surface area contributed by atoms with Gasteiger partial charge in [0.15, 0.2) is 23.3 Å². The molecule has 1 nitrogen and oxygen atoms in total. The molecule has 0 aliphatic rings. The van der Waals surface area contributed by atoms with E-state index in [0.717, 1.165) is 22.2 Å². The Balaban J connectivity index is 2.82. The molecule has 0 unspecified atom stereocenters. The van der Waals surface area contributed by atoms with Crippen LogP contribution >= 0.6 is 11.3 Å². The van der Waals surface area contributed by atoms with E-state index < -0.39 is 46.3 Å². The number of halogens is 7. The lowest BCUT2D eigenvalue weighted by Gasteiger charge is -2.13. The van der Waals surface area contributed by atoms with E-state index in [1.54, 1.807) is 0 Å². The van der Waals surface area contributed by atoms with Crippen molar-refractivity contribution >= 4 is 11.3 Å². The van der Waals surface area contributed by atoms with Gasteiger partial charge in [0.2, 0.25) is 0 Å². The molecule has 102 valence electrons. The topological polar surface area (TPSA) is 12.9 Å². The number of thiazole rings is 1. The van der Waals surface area contributed by atoms with E-state index in [2.05, 4.69) is 4.98 Å². The van der Waals surface area contributed by atoms with Crippen LogP contribution in [0.2, 0.25) is 0 Å². The van der Waals surface area contributed by atoms with E-state index in [1.807, 2.05) is 0 Å². The Bertz CT molecular complexity index is 589. The average molecular weight is 301 g/mol. The third-order valence-corrected chi connectivity index (χ3v) is 2.82. The van der Waals surface area contributed by atoms with E-state index in [4.69, 9.17) is 0 Å². The summed E-state index contributed by atoms with van der Waals surface area (Å²) in [5, 5.41) is 1.05. The van der Waals surface area contributed by atoms with E-state index in [0.29, 0.717) is 0 Å². The predicted molar refractivity (Wildman–Crippen MR) is 52.4 cm³/mol. The van der Waals surface area contributed by atoms with Gasteiger partial charge in [0.25, 0.3) is 0 Å². The molecule has 1 aromatic carbocycles. The molecule has 0 aliphatic carbocycles. The van der Waals surface area contributed by atoms with Gasteiger partial charge in [-0.25, -0.2) is 22.5 Å². The summed E-state index contributed by atoms with van der Waals surface area (Å²) < 4.78 is 90.4. The molecule has 2 rings (SSSR count). The normalized spacial score (nSPS) is 11.9. The van der Waals surface area contributed by atoms with Crippen LogP contribution in [0.4, 0.5) is 30.7 Å². The highest BCUT2D eigenvalue weighted by atomic mass is 32.1. The maximum Gasteiger partial charge on any atom is 0.422 e. The van der Waals surface area contributed by atoms with Crippen molar-refractivity contribution in [1.82, 2.24) is 4.98 Å². The zero-order chi connectivity index (χ0) is 14.4. The fraction of sp³-hybridized carbons (Fsp3) is 0.100. The SMILES string of the molecule is Fc1c(F)c(C(F)(F)F)c(F)c(F)c1-c1cscn1. The highest BCUT2D eigenvalue weighted by Gasteiger charge is 2.42. The quantitative estimate of drug-likeness (QED) is 0.562. The van der Waals surface area contributed by atoms with E-state index >= 15 is 0 Å². The number of benzene rings is 1. The van der Waals surface area contributed by atoms with E-state index in [1.165, 1.54) is 0 Å². The number of hydrogen-bond acceptors (Lipinski definition) is 2. The van der Waals surface area contributed by atoms with Crippen molar-refractivity contribution in [2.24, 2.45) is 0 Å². The summed E-state index contributed by atoms with van der Waals surface area (Å²) in [4.78, 5) is 3.41. The maximum absolute atomic E-state index is 13.5. The molecule has 0 atom stereocenters. The third kappa shape index (κ3) is 2.18. The average Bonchev–Trinajstić information content (AvgIpc) is 2.79. The predicted octanol–water partition coefficient (Wildman–Crippen LogP) is 4.39. The fourth-order valence-electron chi connectivity index (χ4n) is 1.44. The molecular weight excluding hydrogens is 299 g/mol. The van der Waals surface area contributed by atoms with Crippen molar-refractivity contribution < 1.29 is 30.7 Å².